The average Bonchev–Trinajstić information content (AvgIpc) is 2.89. The number of amides is 2. The zero-order chi connectivity index (χ0) is 28.2. The number of carbonyl (C=O) groups excluding carboxylic acids is 2. The zero-order valence-electron chi connectivity index (χ0n) is 20.3. The van der Waals surface area contributed by atoms with Crippen molar-refractivity contribution in [2.45, 2.75) is 24.9 Å². The smallest absolute Gasteiger partial charge is 0.326 e. The molecule has 0 aliphatic carbocycles. The maximum atomic E-state index is 12.3. The molecule has 0 fully saturated rings. The van der Waals surface area contributed by atoms with Crippen molar-refractivity contribution in [1.29, 1.82) is 0 Å². The highest BCUT2D eigenvalue weighted by atomic mass is 16.4. The van der Waals surface area contributed by atoms with Crippen molar-refractivity contribution in [1.82, 2.24) is 15.3 Å². The van der Waals surface area contributed by atoms with E-state index in [-0.39, 0.29) is 36.0 Å². The third-order valence-corrected chi connectivity index (χ3v) is 5.29. The Hall–Kier alpha value is -4.70. The van der Waals surface area contributed by atoms with Crippen LogP contribution in [0.3, 0.4) is 0 Å². The fraction of sp³-hybridized carbons (Fsp3) is 0.364. The quantitative estimate of drug-likeness (QED) is 0.144. The summed E-state index contributed by atoms with van der Waals surface area (Å²) in [6.07, 6.45) is -0.101. The first-order valence-electron chi connectivity index (χ1n) is 11.5. The summed E-state index contributed by atoms with van der Waals surface area (Å²) in [4.78, 5) is 65.7. The number of aliphatic carboxylic acids is 2. The van der Waals surface area contributed by atoms with E-state index in [4.69, 9.17) is 22.3 Å². The number of carbonyl (C=O) groups is 4. The van der Waals surface area contributed by atoms with Crippen LogP contribution in [0, 0.1) is 0 Å². The molecule has 3 rings (SSSR count). The minimum absolute atomic E-state index is 0.0603. The second-order valence-electron chi connectivity index (χ2n) is 8.03. The Morgan fingerprint density at radius 1 is 1.18 bits per heavy atom. The first-order valence-corrected chi connectivity index (χ1v) is 11.5. The third kappa shape index (κ3) is 8.17. The molecular weight excluding hydrogens is 502 g/mol. The molecule has 0 radical (unpaired) electrons. The van der Waals surface area contributed by atoms with Crippen LogP contribution in [0.2, 0.25) is 0 Å². The Kier molecular flexibility index (Phi) is 11.0. The van der Waals surface area contributed by atoms with Gasteiger partial charge in [-0.05, 0) is 30.7 Å². The van der Waals surface area contributed by atoms with Gasteiger partial charge in [0.2, 0.25) is 12.4 Å². The number of hydrogen-bond acceptors (Lipinski definition) is 11. The monoisotopic (exact) mass is 533 g/mol. The molecule has 1 aliphatic rings. The van der Waals surface area contributed by atoms with Crippen molar-refractivity contribution >= 4 is 47.4 Å². The van der Waals surface area contributed by atoms with Crippen molar-refractivity contribution in [3.05, 3.63) is 40.2 Å². The molecule has 0 spiro atoms. The molecule has 2 unspecified atom stereocenters. The SMILES string of the molecule is NCCN.Nc1nc2c(c(=O)[nH]1)N(C=O)C(CNc1ccc(C(=O)NC(CCC(=O)O)C(=O)O)cc1)CN2. The Labute approximate surface area is 216 Å². The summed E-state index contributed by atoms with van der Waals surface area (Å²) in [5.41, 5.74) is 15.6. The fourth-order valence-electron chi connectivity index (χ4n) is 3.39. The number of benzene rings is 1. The molecular formula is C22H31N9O7. The summed E-state index contributed by atoms with van der Waals surface area (Å²) < 4.78 is 0. The molecule has 16 heteroatoms. The number of nitrogens with two attached hydrogens (primary N) is 3. The van der Waals surface area contributed by atoms with Gasteiger partial charge in [0.25, 0.3) is 11.5 Å². The lowest BCUT2D eigenvalue weighted by Gasteiger charge is -2.34. The number of rotatable bonds is 11. The van der Waals surface area contributed by atoms with Gasteiger partial charge in [0, 0.05) is 43.9 Å². The van der Waals surface area contributed by atoms with Gasteiger partial charge in [-0.2, -0.15) is 4.98 Å². The minimum atomic E-state index is -1.33. The van der Waals surface area contributed by atoms with Crippen LogP contribution in [0.4, 0.5) is 23.1 Å². The Morgan fingerprint density at radius 3 is 2.39 bits per heavy atom. The van der Waals surface area contributed by atoms with Crippen LogP contribution in [0.5, 0.6) is 0 Å². The Bertz CT molecular complexity index is 1180. The van der Waals surface area contributed by atoms with E-state index in [0.29, 0.717) is 31.7 Å². The number of anilines is 4. The zero-order valence-corrected chi connectivity index (χ0v) is 20.3. The summed E-state index contributed by atoms with van der Waals surface area (Å²) in [6, 6.07) is 4.36. The van der Waals surface area contributed by atoms with Crippen LogP contribution >= 0.6 is 0 Å². The van der Waals surface area contributed by atoms with Crippen LogP contribution in [0.25, 0.3) is 0 Å². The van der Waals surface area contributed by atoms with Gasteiger partial charge in [0.05, 0.1) is 6.04 Å². The van der Waals surface area contributed by atoms with Gasteiger partial charge in [0.15, 0.2) is 11.5 Å². The van der Waals surface area contributed by atoms with Crippen LogP contribution in [-0.2, 0) is 14.4 Å². The van der Waals surface area contributed by atoms with Gasteiger partial charge < -0.3 is 48.3 Å². The number of carboxylic acid groups (broad SMARTS) is 2. The van der Waals surface area contributed by atoms with Crippen LogP contribution in [0.15, 0.2) is 29.1 Å². The van der Waals surface area contributed by atoms with Crippen molar-refractivity contribution < 1.29 is 29.4 Å². The number of H-pyrrole nitrogens is 1. The predicted molar refractivity (Wildman–Crippen MR) is 139 cm³/mol. The Balaban J connectivity index is 0.00000118. The van der Waals surface area contributed by atoms with Crippen molar-refractivity contribution in [3.63, 3.8) is 0 Å². The number of hydrogen-bond donors (Lipinski definition) is 9. The molecule has 0 saturated heterocycles. The van der Waals surface area contributed by atoms with Gasteiger partial charge in [-0.1, -0.05) is 0 Å². The molecule has 2 aromatic rings. The van der Waals surface area contributed by atoms with Gasteiger partial charge >= 0.3 is 11.9 Å². The number of fused-ring (bicyclic) bond motifs is 1. The largest absolute Gasteiger partial charge is 0.481 e. The number of aromatic nitrogens is 2. The highest BCUT2D eigenvalue weighted by Crippen LogP contribution is 2.25. The topological polar surface area (TPSA) is 272 Å². The standard InChI is InChI=1S/C20H23N7O7.C2H8N2/c21-20-25-16-15(18(32)26-20)27(9-28)12(8-23-16)7-22-11-3-1-10(2-4-11)17(31)24-13(19(33)34)5-6-14(29)30;3-1-2-4/h1-4,9,12-13,22H,5-8H2,(H,24,31)(H,29,30)(H,33,34)(H4,21,23,25,26,32);1-4H2. The lowest BCUT2D eigenvalue weighted by molar-refractivity contribution is -0.140. The molecule has 1 aliphatic heterocycles. The first kappa shape index (κ1) is 29.5. The highest BCUT2D eigenvalue weighted by molar-refractivity contribution is 5.97. The van der Waals surface area contributed by atoms with E-state index in [1.165, 1.54) is 17.0 Å². The number of carboxylic acids is 2. The molecule has 0 bridgehead atoms. The normalized spacial score (nSPS) is 14.6. The molecule has 2 heterocycles. The first-order chi connectivity index (χ1) is 18.1. The maximum absolute atomic E-state index is 12.3. The molecule has 2 atom stereocenters. The van der Waals surface area contributed by atoms with E-state index in [2.05, 4.69) is 25.9 Å². The van der Waals surface area contributed by atoms with E-state index in [1.807, 2.05) is 0 Å². The molecule has 16 nitrogen and oxygen atoms in total. The molecule has 38 heavy (non-hydrogen) atoms. The van der Waals surface area contributed by atoms with E-state index in [9.17, 15) is 29.1 Å². The molecule has 12 N–H and O–H groups in total. The number of nitrogens with zero attached hydrogens (tertiary/aromatic N) is 2. The van der Waals surface area contributed by atoms with E-state index in [0.717, 1.165) is 0 Å². The summed E-state index contributed by atoms with van der Waals surface area (Å²) >= 11 is 0. The molecule has 1 aromatic heterocycles. The molecule has 1 aromatic carbocycles. The number of nitrogen functional groups attached to an aromatic ring is 1. The molecule has 2 amide bonds. The van der Waals surface area contributed by atoms with Crippen molar-refractivity contribution in [2.24, 2.45) is 11.5 Å². The van der Waals surface area contributed by atoms with Crippen molar-refractivity contribution in [2.75, 3.05) is 47.4 Å². The number of aromatic amines is 1. The van der Waals surface area contributed by atoms with Crippen LogP contribution in [-0.4, -0.2) is 82.7 Å². The highest BCUT2D eigenvalue weighted by Gasteiger charge is 2.29. The Morgan fingerprint density at radius 2 is 1.84 bits per heavy atom. The number of nitrogens with one attached hydrogen (secondary N) is 4. The predicted octanol–water partition coefficient (Wildman–Crippen LogP) is -1.83. The van der Waals surface area contributed by atoms with Gasteiger partial charge in [0.1, 0.15) is 6.04 Å². The van der Waals surface area contributed by atoms with Crippen molar-refractivity contribution in [3.8, 4) is 0 Å². The lowest BCUT2D eigenvalue weighted by atomic mass is 10.1. The summed E-state index contributed by atoms with van der Waals surface area (Å²) in [5.74, 6) is -3.00. The second-order valence-corrected chi connectivity index (χ2v) is 8.03. The average molecular weight is 534 g/mol. The van der Waals surface area contributed by atoms with Gasteiger partial charge in [-0.3, -0.25) is 24.2 Å². The minimum Gasteiger partial charge on any atom is -0.481 e. The van der Waals surface area contributed by atoms with Gasteiger partial charge in [-0.25, -0.2) is 4.79 Å². The summed E-state index contributed by atoms with van der Waals surface area (Å²) in [6.45, 7) is 1.76. The van der Waals surface area contributed by atoms with E-state index in [1.54, 1.807) is 12.1 Å². The summed E-state index contributed by atoms with van der Waals surface area (Å²) in [7, 11) is 0. The third-order valence-electron chi connectivity index (χ3n) is 5.29. The molecule has 0 saturated carbocycles. The second kappa shape index (κ2) is 14.1. The van der Waals surface area contributed by atoms with Crippen LogP contribution < -0.4 is 43.6 Å². The van der Waals surface area contributed by atoms with E-state index < -0.39 is 41.9 Å². The maximum Gasteiger partial charge on any atom is 0.326 e. The lowest BCUT2D eigenvalue weighted by Crippen LogP contribution is -2.50. The fourth-order valence-corrected chi connectivity index (χ4v) is 3.39. The molecule has 206 valence electrons. The van der Waals surface area contributed by atoms with Gasteiger partial charge in [-0.15, -0.1) is 0 Å². The van der Waals surface area contributed by atoms with Crippen LogP contribution in [0.1, 0.15) is 23.2 Å². The van der Waals surface area contributed by atoms with E-state index >= 15 is 0 Å². The summed E-state index contributed by atoms with van der Waals surface area (Å²) in [5, 5.41) is 26.3.